The van der Waals surface area contributed by atoms with Crippen molar-refractivity contribution in [3.63, 3.8) is 0 Å². The lowest BCUT2D eigenvalue weighted by Gasteiger charge is -2.08. The van der Waals surface area contributed by atoms with E-state index >= 15 is 0 Å². The molecular weight excluding hydrogens is 201 g/mol. The summed E-state index contributed by atoms with van der Waals surface area (Å²) in [5.74, 6) is 1.02. The van der Waals surface area contributed by atoms with Crippen molar-refractivity contribution in [3.8, 4) is 0 Å². The Morgan fingerprint density at radius 1 is 1.44 bits per heavy atom. The third-order valence-corrected chi connectivity index (χ3v) is 3.26. The van der Waals surface area contributed by atoms with Crippen molar-refractivity contribution in [2.45, 2.75) is 39.2 Å². The Hall–Kier alpha value is -0.890. The fourth-order valence-electron chi connectivity index (χ4n) is 2.19. The van der Waals surface area contributed by atoms with Crippen molar-refractivity contribution in [2.75, 3.05) is 6.54 Å². The van der Waals surface area contributed by atoms with Gasteiger partial charge >= 0.3 is 0 Å². The summed E-state index contributed by atoms with van der Waals surface area (Å²) in [6.45, 7) is 7.32. The van der Waals surface area contributed by atoms with Gasteiger partial charge in [0.05, 0.1) is 0 Å². The molecule has 1 saturated carbocycles. The van der Waals surface area contributed by atoms with Crippen molar-refractivity contribution in [3.05, 3.63) is 35.1 Å². The van der Waals surface area contributed by atoms with Gasteiger partial charge in [0.1, 0.15) is 5.82 Å². The SMILES string of the molecule is Cc1ccc(F)c(C2CC2CNC(C)C)c1. The Morgan fingerprint density at radius 2 is 2.19 bits per heavy atom. The van der Waals surface area contributed by atoms with E-state index in [9.17, 15) is 4.39 Å². The minimum Gasteiger partial charge on any atom is -0.314 e. The van der Waals surface area contributed by atoms with Gasteiger partial charge in [-0.15, -0.1) is 0 Å². The molecule has 1 aromatic carbocycles. The summed E-state index contributed by atoms with van der Waals surface area (Å²) in [5.41, 5.74) is 2.06. The monoisotopic (exact) mass is 221 g/mol. The van der Waals surface area contributed by atoms with Crippen LogP contribution < -0.4 is 5.32 Å². The second-order valence-corrected chi connectivity index (χ2v) is 5.19. The maximum absolute atomic E-state index is 13.6. The van der Waals surface area contributed by atoms with E-state index in [0.717, 1.165) is 24.1 Å². The van der Waals surface area contributed by atoms with E-state index in [1.165, 1.54) is 0 Å². The molecule has 0 radical (unpaired) electrons. The Labute approximate surface area is 97.1 Å². The highest BCUT2D eigenvalue weighted by Gasteiger charge is 2.39. The number of benzene rings is 1. The van der Waals surface area contributed by atoms with Crippen LogP contribution in [0.25, 0.3) is 0 Å². The van der Waals surface area contributed by atoms with Gasteiger partial charge in [0.25, 0.3) is 0 Å². The molecule has 0 aliphatic heterocycles. The molecule has 88 valence electrons. The van der Waals surface area contributed by atoms with Gasteiger partial charge in [-0.3, -0.25) is 0 Å². The number of rotatable bonds is 4. The first-order valence-electron chi connectivity index (χ1n) is 6.07. The molecule has 1 aliphatic carbocycles. The second-order valence-electron chi connectivity index (χ2n) is 5.19. The Kier molecular flexibility index (Phi) is 3.29. The molecule has 0 amide bonds. The lowest BCUT2D eigenvalue weighted by Crippen LogP contribution is -2.25. The third kappa shape index (κ3) is 2.62. The minimum absolute atomic E-state index is 0.0392. The lowest BCUT2D eigenvalue weighted by molar-refractivity contribution is 0.549. The highest BCUT2D eigenvalue weighted by atomic mass is 19.1. The first-order valence-corrected chi connectivity index (χ1v) is 6.07. The van der Waals surface area contributed by atoms with Crippen LogP contribution in [-0.4, -0.2) is 12.6 Å². The molecule has 2 rings (SSSR count). The van der Waals surface area contributed by atoms with Gasteiger partial charge in [0, 0.05) is 6.04 Å². The van der Waals surface area contributed by atoms with Crippen molar-refractivity contribution in [1.82, 2.24) is 5.32 Å². The van der Waals surface area contributed by atoms with E-state index in [1.54, 1.807) is 6.07 Å². The van der Waals surface area contributed by atoms with Crippen LogP contribution in [0.2, 0.25) is 0 Å². The van der Waals surface area contributed by atoms with Crippen LogP contribution >= 0.6 is 0 Å². The summed E-state index contributed by atoms with van der Waals surface area (Å²) in [5, 5.41) is 3.42. The molecule has 16 heavy (non-hydrogen) atoms. The van der Waals surface area contributed by atoms with E-state index < -0.39 is 0 Å². The van der Waals surface area contributed by atoms with Gasteiger partial charge < -0.3 is 5.32 Å². The van der Waals surface area contributed by atoms with E-state index in [-0.39, 0.29) is 5.82 Å². The van der Waals surface area contributed by atoms with Crippen LogP contribution in [0.1, 0.15) is 37.3 Å². The van der Waals surface area contributed by atoms with E-state index in [0.29, 0.717) is 17.9 Å². The van der Waals surface area contributed by atoms with Gasteiger partial charge in [-0.05, 0) is 43.4 Å². The second kappa shape index (κ2) is 4.54. The lowest BCUT2D eigenvalue weighted by atomic mass is 10.1. The Balaban J connectivity index is 1.97. The first kappa shape index (κ1) is 11.6. The Morgan fingerprint density at radius 3 is 2.88 bits per heavy atom. The van der Waals surface area contributed by atoms with Crippen LogP contribution in [0.5, 0.6) is 0 Å². The van der Waals surface area contributed by atoms with E-state index in [4.69, 9.17) is 0 Å². The average molecular weight is 221 g/mol. The van der Waals surface area contributed by atoms with Gasteiger partial charge in [-0.25, -0.2) is 4.39 Å². The fourth-order valence-corrected chi connectivity index (χ4v) is 2.19. The van der Waals surface area contributed by atoms with Crippen LogP contribution in [0.4, 0.5) is 4.39 Å². The maximum Gasteiger partial charge on any atom is 0.126 e. The molecule has 1 aromatic rings. The first-order chi connectivity index (χ1) is 7.58. The number of nitrogens with one attached hydrogen (secondary N) is 1. The molecule has 1 nitrogen and oxygen atoms in total. The molecule has 2 unspecified atom stereocenters. The highest BCUT2D eigenvalue weighted by Crippen LogP contribution is 2.47. The van der Waals surface area contributed by atoms with Crippen LogP contribution in [0, 0.1) is 18.7 Å². The molecule has 0 saturated heterocycles. The molecule has 2 atom stereocenters. The zero-order chi connectivity index (χ0) is 11.7. The van der Waals surface area contributed by atoms with Crippen LogP contribution in [-0.2, 0) is 0 Å². The maximum atomic E-state index is 13.6. The summed E-state index contributed by atoms with van der Waals surface area (Å²) in [6.07, 6.45) is 1.13. The van der Waals surface area contributed by atoms with Crippen molar-refractivity contribution in [2.24, 2.45) is 5.92 Å². The standard InChI is InChI=1S/C14H20FN/c1-9(2)16-8-11-7-12(11)13-6-10(3)4-5-14(13)15/h4-6,9,11-12,16H,7-8H2,1-3H3. The molecule has 2 heteroatoms. The molecule has 0 heterocycles. The Bertz CT molecular complexity index is 373. The summed E-state index contributed by atoms with van der Waals surface area (Å²) in [6, 6.07) is 5.94. The molecular formula is C14H20FN. The molecule has 0 spiro atoms. The van der Waals surface area contributed by atoms with Crippen molar-refractivity contribution in [1.29, 1.82) is 0 Å². The fraction of sp³-hybridized carbons (Fsp3) is 0.571. The van der Waals surface area contributed by atoms with Crippen LogP contribution in [0.3, 0.4) is 0 Å². The van der Waals surface area contributed by atoms with Crippen molar-refractivity contribution < 1.29 is 4.39 Å². The van der Waals surface area contributed by atoms with E-state index in [2.05, 4.69) is 19.2 Å². The molecule has 0 aromatic heterocycles. The zero-order valence-electron chi connectivity index (χ0n) is 10.3. The molecule has 1 aliphatic rings. The predicted octanol–water partition coefficient (Wildman–Crippen LogP) is 3.24. The highest BCUT2D eigenvalue weighted by molar-refractivity contribution is 5.31. The van der Waals surface area contributed by atoms with Crippen LogP contribution in [0.15, 0.2) is 18.2 Å². The molecule has 1 fully saturated rings. The number of hydrogen-bond donors (Lipinski definition) is 1. The van der Waals surface area contributed by atoms with Gasteiger partial charge in [0.2, 0.25) is 0 Å². The predicted molar refractivity (Wildman–Crippen MR) is 65.1 cm³/mol. The number of aryl methyl sites for hydroxylation is 1. The van der Waals surface area contributed by atoms with Gasteiger partial charge in [-0.1, -0.05) is 31.5 Å². The quantitative estimate of drug-likeness (QED) is 0.823. The van der Waals surface area contributed by atoms with E-state index in [1.807, 2.05) is 19.1 Å². The normalized spacial score (nSPS) is 23.8. The third-order valence-electron chi connectivity index (χ3n) is 3.26. The topological polar surface area (TPSA) is 12.0 Å². The summed E-state index contributed by atoms with van der Waals surface area (Å²) < 4.78 is 13.6. The van der Waals surface area contributed by atoms with Crippen molar-refractivity contribution >= 4 is 0 Å². The smallest absolute Gasteiger partial charge is 0.126 e. The zero-order valence-corrected chi connectivity index (χ0v) is 10.3. The number of hydrogen-bond acceptors (Lipinski definition) is 1. The molecule has 1 N–H and O–H groups in total. The minimum atomic E-state index is -0.0392. The largest absolute Gasteiger partial charge is 0.314 e. The van der Waals surface area contributed by atoms with Gasteiger partial charge in [0.15, 0.2) is 0 Å². The molecule has 0 bridgehead atoms. The summed E-state index contributed by atoms with van der Waals surface area (Å²) in [4.78, 5) is 0. The summed E-state index contributed by atoms with van der Waals surface area (Å²) >= 11 is 0. The van der Waals surface area contributed by atoms with Gasteiger partial charge in [-0.2, -0.15) is 0 Å². The number of halogens is 1. The average Bonchev–Trinajstić information content (AvgIpc) is 2.98. The summed E-state index contributed by atoms with van der Waals surface area (Å²) in [7, 11) is 0.